The Morgan fingerprint density at radius 2 is 2.20 bits per heavy atom. The minimum absolute atomic E-state index is 0.318. The van der Waals surface area contributed by atoms with Gasteiger partial charge in [0, 0.05) is 38.4 Å². The van der Waals surface area contributed by atoms with Crippen LogP contribution < -0.4 is 5.73 Å². The van der Waals surface area contributed by atoms with E-state index in [0.717, 1.165) is 25.7 Å². The smallest absolute Gasteiger partial charge is 0.0948 e. The topological polar surface area (TPSA) is 50.3 Å². The van der Waals surface area contributed by atoms with Crippen molar-refractivity contribution < 1.29 is 0 Å². The molecule has 3 rings (SSSR count). The van der Waals surface area contributed by atoms with Crippen molar-refractivity contribution in [3.8, 4) is 0 Å². The molecule has 0 aliphatic carbocycles. The predicted molar refractivity (Wildman–Crippen MR) is 80.5 cm³/mol. The summed E-state index contributed by atoms with van der Waals surface area (Å²) in [6.45, 7) is 8.68. The lowest BCUT2D eigenvalue weighted by molar-refractivity contribution is 0.171. The fraction of sp³-hybridized carbons (Fsp3) is 0.800. The molecule has 2 saturated heterocycles. The van der Waals surface area contributed by atoms with Crippen LogP contribution in [-0.4, -0.2) is 58.1 Å². The van der Waals surface area contributed by atoms with Gasteiger partial charge in [0.15, 0.2) is 0 Å². The van der Waals surface area contributed by atoms with Gasteiger partial charge in [-0.05, 0) is 39.3 Å². The molecule has 2 unspecified atom stereocenters. The molecule has 0 radical (unpaired) electrons. The zero-order chi connectivity index (χ0) is 13.9. The molecule has 5 heteroatoms. The third-order valence-corrected chi connectivity index (χ3v) is 4.93. The standard InChI is InChI=1S/C15H27N5/c1-2-18-12-17-10-15(18)14(9-16)20-8-4-7-19-6-3-5-13(19)11-20/h10,12-14H,2-9,11,16H2,1H3. The van der Waals surface area contributed by atoms with Gasteiger partial charge < -0.3 is 10.3 Å². The van der Waals surface area contributed by atoms with Crippen LogP contribution in [-0.2, 0) is 6.54 Å². The number of aromatic nitrogens is 2. The number of nitrogens with zero attached hydrogens (tertiary/aromatic N) is 4. The summed E-state index contributed by atoms with van der Waals surface area (Å²) in [5.41, 5.74) is 7.39. The third-order valence-electron chi connectivity index (χ3n) is 4.93. The highest BCUT2D eigenvalue weighted by atomic mass is 15.3. The van der Waals surface area contributed by atoms with E-state index in [2.05, 4.69) is 26.3 Å². The molecule has 112 valence electrons. The van der Waals surface area contributed by atoms with E-state index in [1.54, 1.807) is 0 Å². The molecule has 0 aromatic carbocycles. The molecule has 2 atom stereocenters. The van der Waals surface area contributed by atoms with Crippen molar-refractivity contribution in [3.05, 3.63) is 18.2 Å². The SMILES string of the molecule is CCn1cncc1C(CN)N1CCCN2CCCC2C1. The number of hydrogen-bond donors (Lipinski definition) is 1. The maximum atomic E-state index is 6.11. The van der Waals surface area contributed by atoms with Gasteiger partial charge in [0.1, 0.15) is 0 Å². The molecule has 0 amide bonds. The summed E-state index contributed by atoms with van der Waals surface area (Å²) in [7, 11) is 0. The fourth-order valence-corrected chi connectivity index (χ4v) is 3.85. The second-order valence-corrected chi connectivity index (χ2v) is 6.04. The average molecular weight is 277 g/mol. The van der Waals surface area contributed by atoms with Crippen molar-refractivity contribution in [1.82, 2.24) is 19.4 Å². The van der Waals surface area contributed by atoms with Crippen molar-refractivity contribution in [2.75, 3.05) is 32.7 Å². The van der Waals surface area contributed by atoms with E-state index in [-0.39, 0.29) is 0 Å². The normalized spacial score (nSPS) is 26.4. The summed E-state index contributed by atoms with van der Waals surface area (Å²) < 4.78 is 2.23. The molecule has 0 bridgehead atoms. The highest BCUT2D eigenvalue weighted by Gasteiger charge is 2.32. The number of imidazole rings is 1. The zero-order valence-electron chi connectivity index (χ0n) is 12.5. The van der Waals surface area contributed by atoms with E-state index in [1.807, 2.05) is 12.5 Å². The summed E-state index contributed by atoms with van der Waals surface area (Å²) in [6, 6.07) is 1.06. The zero-order valence-corrected chi connectivity index (χ0v) is 12.5. The van der Waals surface area contributed by atoms with Crippen molar-refractivity contribution in [1.29, 1.82) is 0 Å². The molecular weight excluding hydrogens is 250 g/mol. The number of rotatable bonds is 4. The van der Waals surface area contributed by atoms with Crippen molar-refractivity contribution in [3.63, 3.8) is 0 Å². The number of hydrogen-bond acceptors (Lipinski definition) is 4. The maximum Gasteiger partial charge on any atom is 0.0948 e. The Balaban J connectivity index is 1.78. The molecule has 0 spiro atoms. The van der Waals surface area contributed by atoms with Crippen LogP contribution >= 0.6 is 0 Å². The van der Waals surface area contributed by atoms with Crippen LogP contribution in [0.15, 0.2) is 12.5 Å². The van der Waals surface area contributed by atoms with E-state index in [1.165, 1.54) is 38.0 Å². The summed E-state index contributed by atoms with van der Waals surface area (Å²) in [6.07, 6.45) is 7.89. The van der Waals surface area contributed by atoms with Crippen molar-refractivity contribution in [2.24, 2.45) is 5.73 Å². The fourth-order valence-electron chi connectivity index (χ4n) is 3.85. The van der Waals surface area contributed by atoms with E-state index >= 15 is 0 Å². The monoisotopic (exact) mass is 277 g/mol. The largest absolute Gasteiger partial charge is 0.333 e. The Kier molecular flexibility index (Phi) is 4.38. The highest BCUT2D eigenvalue weighted by molar-refractivity contribution is 5.07. The first-order chi connectivity index (χ1) is 9.83. The van der Waals surface area contributed by atoms with Gasteiger partial charge in [-0.2, -0.15) is 0 Å². The molecule has 3 heterocycles. The molecule has 2 N–H and O–H groups in total. The summed E-state index contributed by atoms with van der Waals surface area (Å²) in [4.78, 5) is 9.58. The Bertz CT molecular complexity index is 430. The molecule has 20 heavy (non-hydrogen) atoms. The molecule has 1 aromatic rings. The van der Waals surface area contributed by atoms with E-state index < -0.39 is 0 Å². The Morgan fingerprint density at radius 1 is 1.35 bits per heavy atom. The lowest BCUT2D eigenvalue weighted by atomic mass is 10.1. The lowest BCUT2D eigenvalue weighted by Crippen LogP contribution is -2.41. The van der Waals surface area contributed by atoms with Gasteiger partial charge in [0.05, 0.1) is 18.1 Å². The minimum Gasteiger partial charge on any atom is -0.333 e. The molecule has 5 nitrogen and oxygen atoms in total. The maximum absolute atomic E-state index is 6.11. The van der Waals surface area contributed by atoms with Crippen LogP contribution in [0.25, 0.3) is 0 Å². The van der Waals surface area contributed by atoms with Gasteiger partial charge >= 0.3 is 0 Å². The van der Waals surface area contributed by atoms with E-state index in [9.17, 15) is 0 Å². The summed E-state index contributed by atoms with van der Waals surface area (Å²) in [5.74, 6) is 0. The van der Waals surface area contributed by atoms with Crippen LogP contribution in [0.2, 0.25) is 0 Å². The first-order valence-corrected chi connectivity index (χ1v) is 8.01. The van der Waals surface area contributed by atoms with Gasteiger partial charge in [0.25, 0.3) is 0 Å². The second-order valence-electron chi connectivity index (χ2n) is 6.04. The van der Waals surface area contributed by atoms with Gasteiger partial charge in [0.2, 0.25) is 0 Å². The van der Waals surface area contributed by atoms with Crippen molar-refractivity contribution in [2.45, 2.75) is 44.8 Å². The highest BCUT2D eigenvalue weighted by Crippen LogP contribution is 2.27. The number of fused-ring (bicyclic) bond motifs is 1. The predicted octanol–water partition coefficient (Wildman–Crippen LogP) is 1.07. The summed E-state index contributed by atoms with van der Waals surface area (Å²) in [5, 5.41) is 0. The first kappa shape index (κ1) is 14.0. The van der Waals surface area contributed by atoms with Gasteiger partial charge in [-0.15, -0.1) is 0 Å². The first-order valence-electron chi connectivity index (χ1n) is 8.01. The van der Waals surface area contributed by atoms with Crippen LogP contribution in [0.3, 0.4) is 0 Å². The average Bonchev–Trinajstić information content (AvgIpc) is 3.06. The molecule has 2 aliphatic rings. The van der Waals surface area contributed by atoms with Gasteiger partial charge in [-0.25, -0.2) is 4.98 Å². The van der Waals surface area contributed by atoms with E-state index in [4.69, 9.17) is 5.73 Å². The van der Waals surface area contributed by atoms with E-state index in [0.29, 0.717) is 12.6 Å². The Labute approximate surface area is 121 Å². The number of nitrogens with two attached hydrogens (primary N) is 1. The number of aryl methyl sites for hydroxylation is 1. The Hall–Kier alpha value is -0.910. The second kappa shape index (κ2) is 6.24. The van der Waals surface area contributed by atoms with Crippen LogP contribution in [0.4, 0.5) is 0 Å². The molecule has 0 saturated carbocycles. The van der Waals surface area contributed by atoms with Crippen LogP contribution in [0, 0.1) is 0 Å². The minimum atomic E-state index is 0.318. The Morgan fingerprint density at radius 3 is 3.00 bits per heavy atom. The quantitative estimate of drug-likeness (QED) is 0.894. The van der Waals surface area contributed by atoms with Gasteiger partial charge in [-0.1, -0.05) is 0 Å². The van der Waals surface area contributed by atoms with Crippen molar-refractivity contribution >= 4 is 0 Å². The lowest BCUT2D eigenvalue weighted by Gasteiger charge is -2.32. The van der Waals surface area contributed by atoms with Crippen LogP contribution in [0.5, 0.6) is 0 Å². The molecule has 2 fully saturated rings. The molecular formula is C15H27N5. The molecule has 1 aromatic heterocycles. The third kappa shape index (κ3) is 2.62. The van der Waals surface area contributed by atoms with Gasteiger partial charge in [-0.3, -0.25) is 9.80 Å². The molecule has 2 aliphatic heterocycles. The summed E-state index contributed by atoms with van der Waals surface area (Å²) >= 11 is 0. The van der Waals surface area contributed by atoms with Crippen LogP contribution in [0.1, 0.15) is 37.9 Å².